The van der Waals surface area contributed by atoms with Crippen molar-refractivity contribution >= 4 is 28.7 Å². The van der Waals surface area contributed by atoms with E-state index in [1.807, 2.05) is 13.8 Å². The van der Waals surface area contributed by atoms with Gasteiger partial charge in [0.05, 0.1) is 18.4 Å². The van der Waals surface area contributed by atoms with Crippen LogP contribution in [-0.4, -0.2) is 48.0 Å². The molecule has 2 heterocycles. The predicted octanol–water partition coefficient (Wildman–Crippen LogP) is 3.65. The van der Waals surface area contributed by atoms with Gasteiger partial charge in [0.1, 0.15) is 17.0 Å². The van der Waals surface area contributed by atoms with Gasteiger partial charge in [0, 0.05) is 24.2 Å². The van der Waals surface area contributed by atoms with Gasteiger partial charge in [-0.2, -0.15) is 4.98 Å². The minimum Gasteiger partial charge on any atom is -0.393 e. The van der Waals surface area contributed by atoms with Crippen LogP contribution < -0.4 is 10.6 Å². The van der Waals surface area contributed by atoms with Crippen molar-refractivity contribution in [2.24, 2.45) is 0 Å². The molecular weight excluding hydrogens is 425 g/mol. The maximum Gasteiger partial charge on any atom is 0.224 e. The maximum absolute atomic E-state index is 14.3. The average molecular weight is 450 g/mol. The van der Waals surface area contributed by atoms with Gasteiger partial charge in [0.25, 0.3) is 0 Å². The van der Waals surface area contributed by atoms with Crippen LogP contribution in [0.1, 0.15) is 45.6 Å². The third kappa shape index (κ3) is 4.35. The van der Waals surface area contributed by atoms with E-state index in [0.717, 1.165) is 0 Å². The molecule has 3 aromatic rings. The molecule has 11 heteroatoms. The number of fused-ring (bicyclic) bond motifs is 1. The summed E-state index contributed by atoms with van der Waals surface area (Å²) in [4.78, 5) is 13.2. The summed E-state index contributed by atoms with van der Waals surface area (Å²) in [6, 6.07) is 1.05. The minimum absolute atomic E-state index is 0.0815. The van der Waals surface area contributed by atoms with Crippen molar-refractivity contribution in [3.05, 3.63) is 35.8 Å². The molecule has 8 nitrogen and oxygen atoms in total. The molecular formula is C21H25F3N6O2. The number of benzene rings is 1. The lowest BCUT2D eigenvalue weighted by molar-refractivity contribution is -0.0498. The highest BCUT2D eigenvalue weighted by molar-refractivity contribution is 5.76. The molecule has 0 aliphatic heterocycles. The highest BCUT2D eigenvalue weighted by atomic mass is 19.1. The second-order valence-electron chi connectivity index (χ2n) is 8.49. The van der Waals surface area contributed by atoms with Gasteiger partial charge >= 0.3 is 0 Å². The second kappa shape index (κ2) is 8.55. The predicted molar refractivity (Wildman–Crippen MR) is 113 cm³/mol. The van der Waals surface area contributed by atoms with Gasteiger partial charge in [-0.05, 0) is 39.5 Å². The number of hydrogen-bond acceptors (Lipinski definition) is 7. The zero-order valence-corrected chi connectivity index (χ0v) is 17.7. The number of nitrogens with zero attached hydrogens (tertiary/aromatic N) is 4. The van der Waals surface area contributed by atoms with Crippen molar-refractivity contribution in [3.8, 4) is 0 Å². The molecule has 1 aliphatic carbocycles. The maximum atomic E-state index is 14.3. The van der Waals surface area contributed by atoms with Crippen molar-refractivity contribution in [2.75, 3.05) is 17.2 Å². The second-order valence-corrected chi connectivity index (χ2v) is 8.49. The molecule has 1 saturated carbocycles. The first-order valence-corrected chi connectivity index (χ1v) is 10.5. The Morgan fingerprint density at radius 2 is 1.81 bits per heavy atom. The first-order valence-electron chi connectivity index (χ1n) is 10.5. The molecule has 2 aromatic heterocycles. The molecule has 0 saturated heterocycles. The first-order chi connectivity index (χ1) is 15.2. The van der Waals surface area contributed by atoms with Crippen molar-refractivity contribution in [2.45, 2.75) is 57.2 Å². The number of hydrogen-bond donors (Lipinski definition) is 4. The van der Waals surface area contributed by atoms with Crippen LogP contribution >= 0.6 is 0 Å². The Labute approximate surface area is 182 Å². The smallest absolute Gasteiger partial charge is 0.224 e. The van der Waals surface area contributed by atoms with Gasteiger partial charge in [-0.15, -0.1) is 0 Å². The zero-order chi connectivity index (χ0) is 23.0. The standard InChI is InChI=1S/C21H25F3N6O2/c1-11(2)26-19-25-9-16-18(29-19)30(13-3-5-21(32,10-31)6-4-13)20(27-16)28-17-14(23)7-12(22)8-15(17)24/h7-9,11,13,31-32H,3-6,10H2,1-2H3,(H,27,28)(H,25,26,29)/t13-,21-. The van der Waals surface area contributed by atoms with Crippen molar-refractivity contribution < 1.29 is 23.4 Å². The molecule has 4 N–H and O–H groups in total. The SMILES string of the molecule is CC(C)Nc1ncc2nc(Nc3c(F)cc(F)cc3F)n([C@H]3CC[C@@](O)(CO)CC3)c2n1. The fourth-order valence-corrected chi connectivity index (χ4v) is 3.98. The summed E-state index contributed by atoms with van der Waals surface area (Å²) in [5.41, 5.74) is -0.825. The number of rotatable bonds is 6. The summed E-state index contributed by atoms with van der Waals surface area (Å²) in [5, 5.41) is 25.6. The van der Waals surface area contributed by atoms with Crippen molar-refractivity contribution in [1.82, 2.24) is 19.5 Å². The molecule has 1 aromatic carbocycles. The average Bonchev–Trinajstić information content (AvgIpc) is 3.08. The van der Waals surface area contributed by atoms with Gasteiger partial charge in [0.2, 0.25) is 11.9 Å². The number of aliphatic hydroxyl groups excluding tert-OH is 1. The molecule has 0 atom stereocenters. The van der Waals surface area contributed by atoms with E-state index in [0.29, 0.717) is 54.9 Å². The molecule has 4 rings (SSSR count). The van der Waals surface area contributed by atoms with Crippen molar-refractivity contribution in [3.63, 3.8) is 0 Å². The molecule has 0 radical (unpaired) electrons. The Bertz CT molecular complexity index is 1110. The molecule has 0 amide bonds. The van der Waals surface area contributed by atoms with E-state index in [1.165, 1.54) is 6.20 Å². The summed E-state index contributed by atoms with van der Waals surface area (Å²) in [6.45, 7) is 3.54. The fraction of sp³-hybridized carbons (Fsp3) is 0.476. The van der Waals surface area contributed by atoms with Crippen LogP contribution in [0.25, 0.3) is 11.2 Å². The van der Waals surface area contributed by atoms with E-state index in [2.05, 4.69) is 25.6 Å². The summed E-state index contributed by atoms with van der Waals surface area (Å²) >= 11 is 0. The topological polar surface area (TPSA) is 108 Å². The van der Waals surface area contributed by atoms with Crippen LogP contribution in [0.15, 0.2) is 18.3 Å². The Kier molecular flexibility index (Phi) is 5.95. The quantitative estimate of drug-likeness (QED) is 0.454. The number of anilines is 3. The Balaban J connectivity index is 1.79. The first kappa shape index (κ1) is 22.3. The number of aromatic nitrogens is 4. The van der Waals surface area contributed by atoms with Gasteiger partial charge < -0.3 is 20.8 Å². The highest BCUT2D eigenvalue weighted by Crippen LogP contribution is 2.39. The molecule has 1 aliphatic rings. The van der Waals surface area contributed by atoms with Crippen LogP contribution in [-0.2, 0) is 0 Å². The van der Waals surface area contributed by atoms with E-state index in [4.69, 9.17) is 0 Å². The molecule has 172 valence electrons. The van der Waals surface area contributed by atoms with Gasteiger partial charge in [-0.3, -0.25) is 4.57 Å². The molecule has 0 bridgehead atoms. The monoisotopic (exact) mass is 450 g/mol. The normalized spacial score (nSPS) is 21.3. The number of aliphatic hydroxyl groups is 2. The van der Waals surface area contributed by atoms with Crippen LogP contribution in [0, 0.1) is 17.5 Å². The number of nitrogens with one attached hydrogen (secondary N) is 2. The van der Waals surface area contributed by atoms with Crippen LogP contribution in [0.2, 0.25) is 0 Å². The number of halogens is 3. The van der Waals surface area contributed by atoms with E-state index in [-0.39, 0.29) is 24.6 Å². The van der Waals surface area contributed by atoms with Crippen LogP contribution in [0.5, 0.6) is 0 Å². The fourth-order valence-electron chi connectivity index (χ4n) is 3.98. The van der Waals surface area contributed by atoms with Crippen LogP contribution in [0.3, 0.4) is 0 Å². The summed E-state index contributed by atoms with van der Waals surface area (Å²) in [5.74, 6) is -2.70. The Morgan fingerprint density at radius 3 is 2.41 bits per heavy atom. The summed E-state index contributed by atoms with van der Waals surface area (Å²) in [7, 11) is 0. The third-order valence-electron chi connectivity index (χ3n) is 5.64. The molecule has 0 unspecified atom stereocenters. The Morgan fingerprint density at radius 1 is 1.16 bits per heavy atom. The zero-order valence-electron chi connectivity index (χ0n) is 17.7. The lowest BCUT2D eigenvalue weighted by atomic mass is 9.82. The lowest BCUT2D eigenvalue weighted by Gasteiger charge is -2.35. The summed E-state index contributed by atoms with van der Waals surface area (Å²) < 4.78 is 43.7. The molecule has 1 fully saturated rings. The van der Waals surface area contributed by atoms with Crippen LogP contribution in [0.4, 0.5) is 30.8 Å². The number of imidazole rings is 1. The van der Waals surface area contributed by atoms with E-state index < -0.39 is 28.7 Å². The Hall–Kier alpha value is -2.92. The van der Waals surface area contributed by atoms with E-state index >= 15 is 0 Å². The van der Waals surface area contributed by atoms with Crippen molar-refractivity contribution in [1.29, 1.82) is 0 Å². The molecule has 32 heavy (non-hydrogen) atoms. The molecule has 0 spiro atoms. The van der Waals surface area contributed by atoms with Gasteiger partial charge in [-0.1, -0.05) is 0 Å². The largest absolute Gasteiger partial charge is 0.393 e. The lowest BCUT2D eigenvalue weighted by Crippen LogP contribution is -2.38. The highest BCUT2D eigenvalue weighted by Gasteiger charge is 2.35. The van der Waals surface area contributed by atoms with Gasteiger partial charge in [-0.25, -0.2) is 23.1 Å². The summed E-state index contributed by atoms with van der Waals surface area (Å²) in [6.07, 6.45) is 3.17. The van der Waals surface area contributed by atoms with Gasteiger partial charge in [0.15, 0.2) is 17.3 Å². The minimum atomic E-state index is -1.16. The van der Waals surface area contributed by atoms with E-state index in [1.54, 1.807) is 4.57 Å². The third-order valence-corrected chi connectivity index (χ3v) is 5.64. The van der Waals surface area contributed by atoms with E-state index in [9.17, 15) is 23.4 Å².